The lowest BCUT2D eigenvalue weighted by atomic mass is 10.3. The average molecular weight is 535 g/mol. The first-order chi connectivity index (χ1) is 17.6. The Hall–Kier alpha value is -3.31. The molecule has 1 fully saturated rings. The van der Waals surface area contributed by atoms with Gasteiger partial charge in [0, 0.05) is 32.4 Å². The second-order valence-electron chi connectivity index (χ2n) is 7.97. The second kappa shape index (κ2) is 11.4. The van der Waals surface area contributed by atoms with Gasteiger partial charge in [-0.15, -0.1) is 0 Å². The van der Waals surface area contributed by atoms with Crippen LogP contribution in [0.5, 0.6) is 0 Å². The van der Waals surface area contributed by atoms with Crippen molar-refractivity contribution < 1.29 is 35.8 Å². The number of hydrogen-bond acceptors (Lipinski definition) is 10. The van der Waals surface area contributed by atoms with Gasteiger partial charge in [-0.25, -0.2) is 15.0 Å². The van der Waals surface area contributed by atoms with E-state index in [-0.39, 0.29) is 35.7 Å². The van der Waals surface area contributed by atoms with E-state index in [2.05, 4.69) is 35.7 Å². The van der Waals surface area contributed by atoms with Gasteiger partial charge in [0.15, 0.2) is 5.82 Å². The Morgan fingerprint density at radius 1 is 1.00 bits per heavy atom. The Kier molecular flexibility index (Phi) is 8.23. The molecule has 0 amide bonds. The molecule has 0 atom stereocenters. The Labute approximate surface area is 206 Å². The molecule has 1 aliphatic rings. The highest BCUT2D eigenvalue weighted by molar-refractivity contribution is 5.90. The van der Waals surface area contributed by atoms with E-state index in [1.165, 1.54) is 17.2 Å². The Morgan fingerprint density at radius 3 is 2.41 bits per heavy atom. The fourth-order valence-corrected chi connectivity index (χ4v) is 3.57. The van der Waals surface area contributed by atoms with Crippen molar-refractivity contribution in [2.24, 2.45) is 0 Å². The van der Waals surface area contributed by atoms with Crippen LogP contribution >= 0.6 is 0 Å². The van der Waals surface area contributed by atoms with Gasteiger partial charge in [0.25, 0.3) is 0 Å². The fraction of sp³-hybridized carbons (Fsp3) is 0.550. The summed E-state index contributed by atoms with van der Waals surface area (Å²) in [5.74, 6) is 0.871. The van der Waals surface area contributed by atoms with Crippen molar-refractivity contribution >= 4 is 28.6 Å². The maximum absolute atomic E-state index is 12.7. The van der Waals surface area contributed by atoms with Gasteiger partial charge in [0.2, 0.25) is 5.95 Å². The van der Waals surface area contributed by atoms with Gasteiger partial charge in [0.05, 0.1) is 19.8 Å². The SMILES string of the molecule is FC(F)(F)COCCn1nc(COCC(F)(F)F)c2nc(N3CCNCC3)nc(Nc3ccncn3)c21. The fourth-order valence-electron chi connectivity index (χ4n) is 3.57. The molecule has 37 heavy (non-hydrogen) atoms. The molecule has 202 valence electrons. The monoisotopic (exact) mass is 535 g/mol. The molecule has 0 aliphatic carbocycles. The van der Waals surface area contributed by atoms with Crippen molar-refractivity contribution in [1.82, 2.24) is 35.0 Å². The standard InChI is InChI=1S/C20H23F6N9O2/c21-19(22,23)10-36-8-7-35-16-15(13(33-35)9-37-11-20(24,25)26)31-18(34-5-3-27-4-6-34)32-17(16)30-14-1-2-28-12-29-14/h1-2,12,27H,3-11H2,(H,28,29,30,31,32). The molecule has 1 aliphatic heterocycles. The van der Waals surface area contributed by atoms with Crippen molar-refractivity contribution in [1.29, 1.82) is 0 Å². The largest absolute Gasteiger partial charge is 0.411 e. The summed E-state index contributed by atoms with van der Waals surface area (Å²) in [6.45, 7) is -1.50. The minimum absolute atomic E-state index is 0.0691. The summed E-state index contributed by atoms with van der Waals surface area (Å²) < 4.78 is 86.3. The summed E-state index contributed by atoms with van der Waals surface area (Å²) in [6, 6.07) is 1.57. The molecule has 3 aromatic heterocycles. The number of fused-ring (bicyclic) bond motifs is 1. The van der Waals surface area contributed by atoms with Crippen LogP contribution in [0.3, 0.4) is 0 Å². The first-order valence-corrected chi connectivity index (χ1v) is 11.1. The number of anilines is 3. The van der Waals surface area contributed by atoms with Crippen LogP contribution in [0.1, 0.15) is 5.69 Å². The average Bonchev–Trinajstić information content (AvgIpc) is 3.19. The molecule has 0 radical (unpaired) electrons. The highest BCUT2D eigenvalue weighted by Crippen LogP contribution is 2.29. The minimum atomic E-state index is -4.55. The van der Waals surface area contributed by atoms with Crippen LogP contribution in [0.25, 0.3) is 11.0 Å². The molecule has 2 N–H and O–H groups in total. The number of hydrogen-bond donors (Lipinski definition) is 2. The Bertz CT molecular complexity index is 1170. The zero-order chi connectivity index (χ0) is 26.5. The summed E-state index contributed by atoms with van der Waals surface area (Å²) in [5.41, 5.74) is 0.511. The van der Waals surface area contributed by atoms with Gasteiger partial charge in [-0.05, 0) is 6.07 Å². The number of piperazine rings is 1. The summed E-state index contributed by atoms with van der Waals surface area (Å²) in [5, 5.41) is 10.5. The molecule has 0 spiro atoms. The van der Waals surface area contributed by atoms with E-state index in [1.54, 1.807) is 6.07 Å². The van der Waals surface area contributed by atoms with Gasteiger partial charge >= 0.3 is 12.4 Å². The molecular weight excluding hydrogens is 512 g/mol. The normalized spacial score (nSPS) is 14.9. The molecule has 0 bridgehead atoms. The third kappa shape index (κ3) is 7.59. The number of nitrogens with one attached hydrogen (secondary N) is 2. The topological polar surface area (TPSA) is 115 Å². The number of nitrogens with zero attached hydrogens (tertiary/aromatic N) is 7. The summed E-state index contributed by atoms with van der Waals surface area (Å²) in [6.07, 6.45) is -6.27. The van der Waals surface area contributed by atoms with Crippen LogP contribution in [0, 0.1) is 0 Å². The van der Waals surface area contributed by atoms with E-state index in [0.717, 1.165) is 0 Å². The van der Waals surface area contributed by atoms with Gasteiger partial charge in [-0.3, -0.25) is 4.68 Å². The molecule has 11 nitrogen and oxygen atoms in total. The molecule has 17 heteroatoms. The lowest BCUT2D eigenvalue weighted by molar-refractivity contribution is -0.177. The molecule has 3 aromatic rings. The van der Waals surface area contributed by atoms with Crippen molar-refractivity contribution in [2.45, 2.75) is 25.5 Å². The Morgan fingerprint density at radius 2 is 1.73 bits per heavy atom. The first-order valence-electron chi connectivity index (χ1n) is 11.1. The number of aromatic nitrogens is 6. The minimum Gasteiger partial charge on any atom is -0.370 e. The van der Waals surface area contributed by atoms with Gasteiger partial charge < -0.3 is 25.0 Å². The number of halogens is 6. The first kappa shape index (κ1) is 26.7. The third-order valence-corrected chi connectivity index (χ3v) is 5.09. The third-order valence-electron chi connectivity index (χ3n) is 5.09. The molecule has 0 aromatic carbocycles. The lowest BCUT2D eigenvalue weighted by Gasteiger charge is -2.27. The quantitative estimate of drug-likeness (QED) is 0.296. The van der Waals surface area contributed by atoms with Crippen molar-refractivity contribution in [3.05, 3.63) is 24.3 Å². The van der Waals surface area contributed by atoms with E-state index in [0.29, 0.717) is 37.9 Å². The molecule has 1 saturated heterocycles. The smallest absolute Gasteiger partial charge is 0.370 e. The highest BCUT2D eigenvalue weighted by atomic mass is 19.4. The van der Waals surface area contributed by atoms with Crippen LogP contribution in [0.4, 0.5) is 43.9 Å². The van der Waals surface area contributed by atoms with Crippen LogP contribution in [0.2, 0.25) is 0 Å². The van der Waals surface area contributed by atoms with Crippen LogP contribution < -0.4 is 15.5 Å². The van der Waals surface area contributed by atoms with E-state index >= 15 is 0 Å². The van der Waals surface area contributed by atoms with Gasteiger partial charge in [0.1, 0.15) is 42.1 Å². The van der Waals surface area contributed by atoms with E-state index in [4.69, 9.17) is 9.47 Å². The van der Waals surface area contributed by atoms with Crippen LogP contribution in [-0.2, 0) is 22.6 Å². The maximum Gasteiger partial charge on any atom is 0.411 e. The van der Waals surface area contributed by atoms with Crippen molar-refractivity contribution in [3.63, 3.8) is 0 Å². The summed E-state index contributed by atoms with van der Waals surface area (Å²) >= 11 is 0. The van der Waals surface area contributed by atoms with Crippen molar-refractivity contribution in [2.75, 3.05) is 56.2 Å². The van der Waals surface area contributed by atoms with Gasteiger partial charge in [-0.1, -0.05) is 0 Å². The number of ether oxygens (including phenoxy) is 2. The maximum atomic E-state index is 12.7. The molecule has 4 rings (SSSR count). The zero-order valence-electron chi connectivity index (χ0n) is 19.3. The summed E-state index contributed by atoms with van der Waals surface area (Å²) in [7, 11) is 0. The van der Waals surface area contributed by atoms with Crippen LogP contribution in [-0.4, -0.2) is 88.1 Å². The van der Waals surface area contributed by atoms with Crippen LogP contribution in [0.15, 0.2) is 18.6 Å². The number of alkyl halides is 6. The summed E-state index contributed by atoms with van der Waals surface area (Å²) in [4.78, 5) is 19.0. The van der Waals surface area contributed by atoms with E-state index in [9.17, 15) is 26.3 Å². The predicted octanol–water partition coefficient (Wildman–Crippen LogP) is 2.43. The van der Waals surface area contributed by atoms with Gasteiger partial charge in [-0.2, -0.15) is 36.4 Å². The Balaban J connectivity index is 1.73. The highest BCUT2D eigenvalue weighted by Gasteiger charge is 2.29. The van der Waals surface area contributed by atoms with Crippen molar-refractivity contribution in [3.8, 4) is 0 Å². The molecule has 4 heterocycles. The molecular formula is C20H23F6N9O2. The number of rotatable bonds is 10. The molecule has 0 unspecified atom stereocenters. The lowest BCUT2D eigenvalue weighted by Crippen LogP contribution is -2.44. The molecule has 0 saturated carbocycles. The zero-order valence-corrected chi connectivity index (χ0v) is 19.3. The van der Waals surface area contributed by atoms with E-state index in [1.807, 2.05) is 4.90 Å². The predicted molar refractivity (Wildman–Crippen MR) is 118 cm³/mol. The van der Waals surface area contributed by atoms with E-state index < -0.39 is 32.2 Å². The second-order valence-corrected chi connectivity index (χ2v) is 7.97.